The van der Waals surface area contributed by atoms with Crippen molar-refractivity contribution in [3.05, 3.63) is 45.4 Å². The third-order valence-electron chi connectivity index (χ3n) is 4.68. The van der Waals surface area contributed by atoms with Crippen LogP contribution in [0.1, 0.15) is 41.3 Å². The number of amides is 1. The molecule has 2 aliphatic rings. The summed E-state index contributed by atoms with van der Waals surface area (Å²) in [6, 6.07) is 7.98. The fourth-order valence-electron chi connectivity index (χ4n) is 3.18. The van der Waals surface area contributed by atoms with Gasteiger partial charge in [-0.25, -0.2) is 4.98 Å². The van der Waals surface area contributed by atoms with Crippen LogP contribution in [0.2, 0.25) is 5.02 Å². The smallest absolute Gasteiger partial charge is 0.227 e. The highest BCUT2D eigenvalue weighted by Crippen LogP contribution is 2.44. The van der Waals surface area contributed by atoms with Crippen molar-refractivity contribution < 1.29 is 9.53 Å². The Hall–Kier alpha value is -1.47. The van der Waals surface area contributed by atoms with Gasteiger partial charge in [0.1, 0.15) is 0 Å². The minimum Gasteiger partial charge on any atom is -0.378 e. The van der Waals surface area contributed by atoms with Crippen molar-refractivity contribution in [1.82, 2.24) is 10.3 Å². The Morgan fingerprint density at radius 2 is 2.23 bits per heavy atom. The van der Waals surface area contributed by atoms with Crippen molar-refractivity contribution in [2.24, 2.45) is 0 Å². The summed E-state index contributed by atoms with van der Waals surface area (Å²) in [6.07, 6.45) is 3.52. The van der Waals surface area contributed by atoms with Crippen molar-refractivity contribution in [3.63, 3.8) is 0 Å². The third kappa shape index (κ3) is 4.43. The van der Waals surface area contributed by atoms with Crippen LogP contribution in [-0.4, -0.2) is 36.7 Å². The number of anilines is 1. The van der Waals surface area contributed by atoms with Gasteiger partial charge in [-0.2, -0.15) is 0 Å². The molecule has 0 radical (unpaired) electrons. The molecule has 4 rings (SSSR count). The minimum absolute atomic E-state index is 0.0200. The fourth-order valence-corrected chi connectivity index (χ4v) is 4.47. The van der Waals surface area contributed by atoms with Gasteiger partial charge in [0.15, 0.2) is 5.13 Å². The van der Waals surface area contributed by atoms with E-state index >= 15 is 0 Å². The number of ether oxygens (including phenoxy) is 1. The predicted molar refractivity (Wildman–Crippen MR) is 104 cm³/mol. The largest absolute Gasteiger partial charge is 0.378 e. The van der Waals surface area contributed by atoms with Gasteiger partial charge in [0.2, 0.25) is 5.91 Å². The lowest BCUT2D eigenvalue weighted by Crippen LogP contribution is -2.43. The van der Waals surface area contributed by atoms with Crippen LogP contribution >= 0.6 is 22.9 Å². The van der Waals surface area contributed by atoms with E-state index in [1.165, 1.54) is 17.7 Å². The van der Waals surface area contributed by atoms with Crippen molar-refractivity contribution >= 4 is 34.0 Å². The van der Waals surface area contributed by atoms with Crippen LogP contribution in [-0.2, 0) is 16.0 Å². The second-order valence-corrected chi connectivity index (χ2v) is 8.34. The van der Waals surface area contributed by atoms with E-state index in [0.29, 0.717) is 30.7 Å². The molecule has 1 saturated heterocycles. The highest BCUT2D eigenvalue weighted by Gasteiger charge is 2.30. The molecule has 1 unspecified atom stereocenters. The summed E-state index contributed by atoms with van der Waals surface area (Å²) in [5.74, 6) is 0.510. The van der Waals surface area contributed by atoms with Crippen LogP contribution < -0.4 is 10.6 Å². The molecule has 0 spiro atoms. The summed E-state index contributed by atoms with van der Waals surface area (Å²) in [5, 5.41) is 7.74. The van der Waals surface area contributed by atoms with E-state index < -0.39 is 0 Å². The summed E-state index contributed by atoms with van der Waals surface area (Å²) in [4.78, 5) is 18.3. The van der Waals surface area contributed by atoms with Crippen molar-refractivity contribution in [3.8, 4) is 0 Å². The van der Waals surface area contributed by atoms with E-state index in [-0.39, 0.29) is 11.9 Å². The quantitative estimate of drug-likeness (QED) is 0.790. The van der Waals surface area contributed by atoms with Crippen molar-refractivity contribution in [2.45, 2.75) is 37.6 Å². The van der Waals surface area contributed by atoms with Crippen molar-refractivity contribution in [2.75, 3.05) is 25.1 Å². The summed E-state index contributed by atoms with van der Waals surface area (Å²) in [5.41, 5.74) is 2.23. The second-order valence-electron chi connectivity index (χ2n) is 6.85. The van der Waals surface area contributed by atoms with Crippen LogP contribution in [0, 0.1) is 0 Å². The highest BCUT2D eigenvalue weighted by molar-refractivity contribution is 7.15. The standard InChI is InChI=1S/C19H22ClN3O2S/c20-15-4-2-1-3-13(15)9-16-18(12-5-6-12)23-19(26-16)22-17(24)10-14-11-25-8-7-21-14/h1-4,12,14,21H,5-11H2,(H,22,23,24). The Morgan fingerprint density at radius 3 is 2.96 bits per heavy atom. The maximum absolute atomic E-state index is 12.3. The molecule has 2 heterocycles. The zero-order valence-corrected chi connectivity index (χ0v) is 16.0. The summed E-state index contributed by atoms with van der Waals surface area (Å²) in [6.45, 7) is 2.08. The number of hydrogen-bond donors (Lipinski definition) is 2. The molecule has 2 aromatic rings. The van der Waals surface area contributed by atoms with E-state index in [4.69, 9.17) is 21.3 Å². The Morgan fingerprint density at radius 1 is 1.38 bits per heavy atom. The maximum atomic E-state index is 12.3. The number of hydrogen-bond acceptors (Lipinski definition) is 5. The van der Waals surface area contributed by atoms with Crippen LogP contribution in [0.5, 0.6) is 0 Å². The molecule has 0 bridgehead atoms. The Balaban J connectivity index is 1.45. The molecule has 1 saturated carbocycles. The van der Waals surface area contributed by atoms with Crippen LogP contribution in [0.25, 0.3) is 0 Å². The van der Waals surface area contributed by atoms with E-state index in [0.717, 1.165) is 29.2 Å². The lowest BCUT2D eigenvalue weighted by Gasteiger charge is -2.22. The van der Waals surface area contributed by atoms with Gasteiger partial charge in [-0.3, -0.25) is 4.79 Å². The van der Waals surface area contributed by atoms with Gasteiger partial charge in [0, 0.05) is 41.2 Å². The first kappa shape index (κ1) is 17.9. The molecular formula is C19H22ClN3O2S. The molecule has 1 aliphatic heterocycles. The Kier molecular flexibility index (Phi) is 5.55. The third-order valence-corrected chi connectivity index (χ3v) is 6.03. The number of aromatic nitrogens is 1. The first-order valence-corrected chi connectivity index (χ1v) is 10.2. The summed E-state index contributed by atoms with van der Waals surface area (Å²) < 4.78 is 5.41. The number of carbonyl (C=O) groups is 1. The number of carbonyl (C=O) groups excluding carboxylic acids is 1. The van der Waals surface area contributed by atoms with Crippen LogP contribution in [0.4, 0.5) is 5.13 Å². The average Bonchev–Trinajstić information content (AvgIpc) is 3.40. The SMILES string of the molecule is O=C(CC1COCCN1)Nc1nc(C2CC2)c(Cc2ccccc2Cl)s1. The topological polar surface area (TPSA) is 63.2 Å². The molecule has 1 aliphatic carbocycles. The van der Waals surface area contributed by atoms with Gasteiger partial charge in [0.05, 0.1) is 18.9 Å². The van der Waals surface area contributed by atoms with Crippen molar-refractivity contribution in [1.29, 1.82) is 0 Å². The maximum Gasteiger partial charge on any atom is 0.227 e. The number of nitrogens with zero attached hydrogens (tertiary/aromatic N) is 1. The number of rotatable bonds is 6. The first-order valence-electron chi connectivity index (χ1n) is 9.03. The summed E-state index contributed by atoms with van der Waals surface area (Å²) >= 11 is 7.89. The number of halogens is 1. The van der Waals surface area contributed by atoms with E-state index in [1.54, 1.807) is 11.3 Å². The molecule has 2 N–H and O–H groups in total. The van der Waals surface area contributed by atoms with Gasteiger partial charge < -0.3 is 15.4 Å². The number of benzene rings is 1. The average molecular weight is 392 g/mol. The van der Waals surface area contributed by atoms with E-state index in [2.05, 4.69) is 10.6 Å². The Labute approximate surface area is 162 Å². The van der Waals surface area contributed by atoms with Gasteiger partial charge in [-0.15, -0.1) is 11.3 Å². The molecule has 1 atom stereocenters. The minimum atomic E-state index is -0.0200. The van der Waals surface area contributed by atoms with Gasteiger partial charge in [0.25, 0.3) is 0 Å². The molecular weight excluding hydrogens is 370 g/mol. The Bertz CT molecular complexity index is 785. The molecule has 1 amide bonds. The monoisotopic (exact) mass is 391 g/mol. The zero-order chi connectivity index (χ0) is 17.9. The van der Waals surface area contributed by atoms with Crippen LogP contribution in [0.3, 0.4) is 0 Å². The lowest BCUT2D eigenvalue weighted by atomic mass is 10.1. The molecule has 1 aromatic heterocycles. The summed E-state index contributed by atoms with van der Waals surface area (Å²) in [7, 11) is 0. The van der Waals surface area contributed by atoms with Gasteiger partial charge >= 0.3 is 0 Å². The zero-order valence-electron chi connectivity index (χ0n) is 14.5. The van der Waals surface area contributed by atoms with E-state index in [1.807, 2.05) is 24.3 Å². The van der Waals surface area contributed by atoms with Gasteiger partial charge in [-0.1, -0.05) is 29.8 Å². The number of nitrogens with one attached hydrogen (secondary N) is 2. The molecule has 7 heteroatoms. The molecule has 2 fully saturated rings. The fraction of sp³-hybridized carbons (Fsp3) is 0.474. The lowest BCUT2D eigenvalue weighted by molar-refractivity contribution is -0.117. The van der Waals surface area contributed by atoms with Gasteiger partial charge in [-0.05, 0) is 24.5 Å². The molecule has 1 aromatic carbocycles. The van der Waals surface area contributed by atoms with E-state index in [9.17, 15) is 4.79 Å². The first-order chi connectivity index (χ1) is 12.7. The normalized spacial score (nSPS) is 20.1. The number of morpholine rings is 1. The molecule has 5 nitrogen and oxygen atoms in total. The molecule has 138 valence electrons. The second kappa shape index (κ2) is 8.05. The molecule has 26 heavy (non-hydrogen) atoms. The predicted octanol–water partition coefficient (Wildman–Crippen LogP) is 3.58. The number of thiazole rings is 1. The highest BCUT2D eigenvalue weighted by atomic mass is 35.5. The van der Waals surface area contributed by atoms with Crippen LogP contribution in [0.15, 0.2) is 24.3 Å².